The van der Waals surface area contributed by atoms with E-state index in [2.05, 4.69) is 34.0 Å². The van der Waals surface area contributed by atoms with Gasteiger partial charge >= 0.3 is 0 Å². The first kappa shape index (κ1) is 27.4. The Morgan fingerprint density at radius 3 is 2.51 bits per heavy atom. The maximum Gasteiger partial charge on any atom is 0.259 e. The second-order valence-electron chi connectivity index (χ2n) is 9.36. The SMILES string of the molecule is CCN(CC)CCOc1ccc(Nc2cc3c(cn2)cc(-c2c(Cl)cccc2Cl)c(=O)n3[C@H]2CCOC2)nc1. The monoisotopic (exact) mass is 567 g/mol. The average molecular weight is 569 g/mol. The fraction of sp³-hybridized carbons (Fsp3) is 0.345. The minimum atomic E-state index is -0.172. The maximum absolute atomic E-state index is 13.9. The number of fused-ring (bicyclic) bond motifs is 1. The van der Waals surface area contributed by atoms with Gasteiger partial charge in [0, 0.05) is 36.4 Å². The van der Waals surface area contributed by atoms with Crippen LogP contribution in [0.1, 0.15) is 26.3 Å². The van der Waals surface area contributed by atoms with Crippen molar-refractivity contribution in [1.82, 2.24) is 19.4 Å². The molecule has 1 atom stereocenters. The van der Waals surface area contributed by atoms with E-state index in [9.17, 15) is 4.79 Å². The number of anilines is 2. The summed E-state index contributed by atoms with van der Waals surface area (Å²) in [5, 5.41) is 4.88. The van der Waals surface area contributed by atoms with Gasteiger partial charge in [-0.25, -0.2) is 9.97 Å². The van der Waals surface area contributed by atoms with E-state index >= 15 is 0 Å². The number of hydrogen-bond donors (Lipinski definition) is 1. The molecule has 8 nitrogen and oxygen atoms in total. The van der Waals surface area contributed by atoms with E-state index in [4.69, 9.17) is 32.7 Å². The van der Waals surface area contributed by atoms with Gasteiger partial charge in [-0.05, 0) is 49.8 Å². The summed E-state index contributed by atoms with van der Waals surface area (Å²) < 4.78 is 13.3. The molecule has 1 aromatic carbocycles. The molecule has 0 spiro atoms. The summed E-state index contributed by atoms with van der Waals surface area (Å²) in [6, 6.07) is 12.5. The summed E-state index contributed by atoms with van der Waals surface area (Å²) in [4.78, 5) is 25.2. The van der Waals surface area contributed by atoms with Gasteiger partial charge in [0.15, 0.2) is 0 Å². The van der Waals surface area contributed by atoms with Gasteiger partial charge in [-0.15, -0.1) is 0 Å². The van der Waals surface area contributed by atoms with Crippen LogP contribution >= 0.6 is 23.2 Å². The molecule has 4 aromatic rings. The van der Waals surface area contributed by atoms with E-state index in [1.54, 1.807) is 41.2 Å². The van der Waals surface area contributed by atoms with Gasteiger partial charge in [0.2, 0.25) is 0 Å². The molecular formula is C29H31Cl2N5O3. The lowest BCUT2D eigenvalue weighted by molar-refractivity contribution is 0.186. The van der Waals surface area contributed by atoms with Crippen molar-refractivity contribution in [2.45, 2.75) is 26.3 Å². The Labute approximate surface area is 237 Å². The molecule has 1 fully saturated rings. The topological polar surface area (TPSA) is 81.5 Å². The Balaban J connectivity index is 1.44. The molecule has 0 aliphatic carbocycles. The highest BCUT2D eigenvalue weighted by atomic mass is 35.5. The van der Waals surface area contributed by atoms with Crippen molar-refractivity contribution in [2.75, 3.05) is 44.8 Å². The van der Waals surface area contributed by atoms with Crippen molar-refractivity contribution < 1.29 is 9.47 Å². The Morgan fingerprint density at radius 2 is 1.85 bits per heavy atom. The van der Waals surface area contributed by atoms with E-state index in [1.165, 1.54) is 0 Å². The first-order chi connectivity index (χ1) is 19.0. The summed E-state index contributed by atoms with van der Waals surface area (Å²) in [5.41, 5.74) is 1.53. The molecule has 10 heteroatoms. The third kappa shape index (κ3) is 6.04. The molecule has 0 amide bonds. The normalized spacial score (nSPS) is 15.3. The summed E-state index contributed by atoms with van der Waals surface area (Å²) in [6.07, 6.45) is 4.16. The molecule has 39 heavy (non-hydrogen) atoms. The van der Waals surface area contributed by atoms with Crippen LogP contribution in [-0.2, 0) is 4.74 Å². The van der Waals surface area contributed by atoms with Gasteiger partial charge in [0.1, 0.15) is 24.0 Å². The molecule has 0 radical (unpaired) electrons. The van der Waals surface area contributed by atoms with E-state index in [0.717, 1.165) is 37.0 Å². The first-order valence-corrected chi connectivity index (χ1v) is 13.9. The molecule has 0 bridgehead atoms. The van der Waals surface area contributed by atoms with Crippen LogP contribution in [0.4, 0.5) is 11.6 Å². The highest BCUT2D eigenvalue weighted by molar-refractivity contribution is 6.39. The summed E-state index contributed by atoms with van der Waals surface area (Å²) in [5.74, 6) is 1.90. The highest BCUT2D eigenvalue weighted by Crippen LogP contribution is 2.35. The largest absolute Gasteiger partial charge is 0.491 e. The lowest BCUT2D eigenvalue weighted by Gasteiger charge is -2.19. The predicted molar refractivity (Wildman–Crippen MR) is 157 cm³/mol. The van der Waals surface area contributed by atoms with Crippen molar-refractivity contribution in [3.05, 3.63) is 75.3 Å². The van der Waals surface area contributed by atoms with Crippen molar-refractivity contribution >= 4 is 45.7 Å². The maximum atomic E-state index is 13.9. The molecule has 1 aliphatic rings. The van der Waals surface area contributed by atoms with Crippen molar-refractivity contribution in [3.8, 4) is 16.9 Å². The Kier molecular flexibility index (Phi) is 8.67. The smallest absolute Gasteiger partial charge is 0.259 e. The number of aromatic nitrogens is 3. The van der Waals surface area contributed by atoms with Crippen molar-refractivity contribution in [3.63, 3.8) is 0 Å². The van der Waals surface area contributed by atoms with Crippen LogP contribution in [0.2, 0.25) is 10.0 Å². The second-order valence-corrected chi connectivity index (χ2v) is 10.2. The number of likely N-dealkylation sites (N-methyl/N-ethyl adjacent to an activating group) is 1. The van der Waals surface area contributed by atoms with Gasteiger partial charge in [-0.1, -0.05) is 43.1 Å². The van der Waals surface area contributed by atoms with Crippen LogP contribution in [0, 0.1) is 0 Å². The van der Waals surface area contributed by atoms with Crippen LogP contribution in [0.5, 0.6) is 5.75 Å². The number of pyridine rings is 3. The Bertz CT molecular complexity index is 1480. The molecule has 204 valence electrons. The zero-order chi connectivity index (χ0) is 27.4. The van der Waals surface area contributed by atoms with Crippen LogP contribution in [-0.4, -0.2) is 58.9 Å². The second kappa shape index (κ2) is 12.3. The van der Waals surface area contributed by atoms with E-state index < -0.39 is 0 Å². The summed E-state index contributed by atoms with van der Waals surface area (Å²) >= 11 is 13.0. The molecule has 0 saturated carbocycles. The molecule has 3 aromatic heterocycles. The van der Waals surface area contributed by atoms with Gasteiger partial charge in [0.25, 0.3) is 5.56 Å². The number of benzene rings is 1. The average Bonchev–Trinajstić information content (AvgIpc) is 3.47. The summed E-state index contributed by atoms with van der Waals surface area (Å²) in [6.45, 7) is 8.79. The molecule has 1 saturated heterocycles. The van der Waals surface area contributed by atoms with Crippen LogP contribution in [0.3, 0.4) is 0 Å². The van der Waals surface area contributed by atoms with Gasteiger partial charge < -0.3 is 24.3 Å². The van der Waals surface area contributed by atoms with Crippen LogP contribution in [0.15, 0.2) is 59.7 Å². The van der Waals surface area contributed by atoms with Crippen molar-refractivity contribution in [2.24, 2.45) is 0 Å². The quantitative estimate of drug-likeness (QED) is 0.244. The van der Waals surface area contributed by atoms with Crippen LogP contribution < -0.4 is 15.6 Å². The zero-order valence-electron chi connectivity index (χ0n) is 22.0. The molecule has 1 N–H and O–H groups in total. The first-order valence-electron chi connectivity index (χ1n) is 13.1. The molecule has 5 rings (SSSR count). The Hall–Kier alpha value is -3.17. The minimum absolute atomic E-state index is 0.109. The van der Waals surface area contributed by atoms with Gasteiger partial charge in [-0.3, -0.25) is 4.79 Å². The van der Waals surface area contributed by atoms with E-state index in [1.807, 2.05) is 18.2 Å². The van der Waals surface area contributed by atoms with Crippen molar-refractivity contribution in [1.29, 1.82) is 0 Å². The predicted octanol–water partition coefficient (Wildman–Crippen LogP) is 6.19. The molecular weight excluding hydrogens is 537 g/mol. The number of halogens is 2. The number of ether oxygens (including phenoxy) is 2. The lowest BCUT2D eigenvalue weighted by atomic mass is 10.0. The van der Waals surface area contributed by atoms with E-state index in [0.29, 0.717) is 58.4 Å². The molecule has 4 heterocycles. The number of rotatable bonds is 10. The minimum Gasteiger partial charge on any atom is -0.491 e. The number of nitrogens with zero attached hydrogens (tertiary/aromatic N) is 4. The van der Waals surface area contributed by atoms with E-state index in [-0.39, 0.29) is 11.6 Å². The van der Waals surface area contributed by atoms with Gasteiger partial charge in [0.05, 0.1) is 40.0 Å². The lowest BCUT2D eigenvalue weighted by Crippen LogP contribution is -2.27. The zero-order valence-corrected chi connectivity index (χ0v) is 23.5. The fourth-order valence-corrected chi connectivity index (χ4v) is 5.43. The fourth-order valence-electron chi connectivity index (χ4n) is 4.83. The third-order valence-electron chi connectivity index (χ3n) is 6.99. The number of hydrogen-bond acceptors (Lipinski definition) is 7. The summed E-state index contributed by atoms with van der Waals surface area (Å²) in [7, 11) is 0. The molecule has 0 unspecified atom stereocenters. The number of nitrogens with one attached hydrogen (secondary N) is 1. The van der Waals surface area contributed by atoms with Crippen LogP contribution in [0.25, 0.3) is 22.0 Å². The highest BCUT2D eigenvalue weighted by Gasteiger charge is 2.24. The third-order valence-corrected chi connectivity index (χ3v) is 7.62. The standard InChI is InChI=1S/C29H31Cl2N5O3/c1-3-35(4-2)11-13-39-21-8-9-26(33-17-21)34-27-15-25-19(16-32-27)14-22(28-23(30)6-5-7-24(28)31)29(37)36(25)20-10-12-38-18-20/h5-9,14-17,20H,3-4,10-13,18H2,1-2H3,(H,32,33,34)/t20-/m0/s1. The van der Waals surface area contributed by atoms with Gasteiger partial charge in [-0.2, -0.15) is 0 Å². The molecule has 1 aliphatic heterocycles. The Morgan fingerprint density at radius 1 is 1.08 bits per heavy atom.